The molecule has 0 amide bonds. The summed E-state index contributed by atoms with van der Waals surface area (Å²) in [6, 6.07) is 0. The smallest absolute Gasteiger partial charge is 0.0904 e. The summed E-state index contributed by atoms with van der Waals surface area (Å²) in [5.41, 5.74) is -0.526. The Bertz CT molecular complexity index is 158. The number of rotatable bonds is 2. The minimum atomic E-state index is -0.526. The number of ether oxygens (including phenoxy) is 2. The fourth-order valence-electron chi connectivity index (χ4n) is 2.25. The van der Waals surface area contributed by atoms with Crippen molar-refractivity contribution in [2.45, 2.75) is 31.3 Å². The molecular formula is C10H18O3. The van der Waals surface area contributed by atoms with Gasteiger partial charge in [0.1, 0.15) is 0 Å². The standard InChI is InChI=1S/C10H18O3/c11-10(3-6-13-8-10)7-9-1-4-12-5-2-9/h9,11H,1-8H2. The molecule has 0 radical (unpaired) electrons. The molecular weight excluding hydrogens is 168 g/mol. The average Bonchev–Trinajstić information content (AvgIpc) is 2.54. The summed E-state index contributed by atoms with van der Waals surface area (Å²) in [6.07, 6.45) is 3.91. The molecule has 2 heterocycles. The van der Waals surface area contributed by atoms with E-state index in [1.54, 1.807) is 0 Å². The van der Waals surface area contributed by atoms with E-state index < -0.39 is 5.60 Å². The van der Waals surface area contributed by atoms with Crippen LogP contribution in [-0.2, 0) is 9.47 Å². The second-order valence-corrected chi connectivity index (χ2v) is 4.29. The van der Waals surface area contributed by atoms with Gasteiger partial charge < -0.3 is 14.6 Å². The Balaban J connectivity index is 1.81. The van der Waals surface area contributed by atoms with Crippen LogP contribution in [0.4, 0.5) is 0 Å². The first-order valence-electron chi connectivity index (χ1n) is 5.16. The zero-order valence-electron chi connectivity index (χ0n) is 8.00. The fraction of sp³-hybridized carbons (Fsp3) is 1.00. The minimum absolute atomic E-state index is 0.526. The van der Waals surface area contributed by atoms with Crippen molar-refractivity contribution in [2.24, 2.45) is 5.92 Å². The summed E-state index contributed by atoms with van der Waals surface area (Å²) in [4.78, 5) is 0. The van der Waals surface area contributed by atoms with Crippen molar-refractivity contribution in [3.8, 4) is 0 Å². The van der Waals surface area contributed by atoms with Crippen molar-refractivity contribution in [1.29, 1.82) is 0 Å². The number of hydrogen-bond donors (Lipinski definition) is 1. The Morgan fingerprint density at radius 3 is 2.54 bits per heavy atom. The Morgan fingerprint density at radius 2 is 1.92 bits per heavy atom. The van der Waals surface area contributed by atoms with Crippen molar-refractivity contribution < 1.29 is 14.6 Å². The average molecular weight is 186 g/mol. The van der Waals surface area contributed by atoms with Gasteiger partial charge in [0.25, 0.3) is 0 Å². The quantitative estimate of drug-likeness (QED) is 0.698. The predicted octanol–water partition coefficient (Wildman–Crippen LogP) is 0.954. The fourth-order valence-corrected chi connectivity index (χ4v) is 2.25. The van der Waals surface area contributed by atoms with Crippen LogP contribution >= 0.6 is 0 Å². The largest absolute Gasteiger partial charge is 0.387 e. The minimum Gasteiger partial charge on any atom is -0.387 e. The van der Waals surface area contributed by atoms with E-state index in [-0.39, 0.29) is 0 Å². The highest BCUT2D eigenvalue weighted by molar-refractivity contribution is 4.85. The van der Waals surface area contributed by atoms with E-state index in [9.17, 15) is 5.11 Å². The summed E-state index contributed by atoms with van der Waals surface area (Å²) in [5.74, 6) is 0.639. The van der Waals surface area contributed by atoms with Crippen molar-refractivity contribution in [2.75, 3.05) is 26.4 Å². The van der Waals surface area contributed by atoms with Gasteiger partial charge in [0, 0.05) is 26.2 Å². The van der Waals surface area contributed by atoms with Crippen LogP contribution in [0.15, 0.2) is 0 Å². The van der Waals surface area contributed by atoms with Crippen LogP contribution in [-0.4, -0.2) is 37.1 Å². The van der Waals surface area contributed by atoms with Crippen LogP contribution in [0.25, 0.3) is 0 Å². The molecule has 0 spiro atoms. The Morgan fingerprint density at radius 1 is 1.15 bits per heavy atom. The van der Waals surface area contributed by atoms with Crippen LogP contribution in [0.1, 0.15) is 25.7 Å². The highest BCUT2D eigenvalue weighted by atomic mass is 16.5. The van der Waals surface area contributed by atoms with Gasteiger partial charge in [-0.05, 0) is 25.2 Å². The van der Waals surface area contributed by atoms with Gasteiger partial charge in [-0.25, -0.2) is 0 Å². The summed E-state index contributed by atoms with van der Waals surface area (Å²) in [7, 11) is 0. The second kappa shape index (κ2) is 3.95. The van der Waals surface area contributed by atoms with Crippen molar-refractivity contribution in [1.82, 2.24) is 0 Å². The van der Waals surface area contributed by atoms with Crippen LogP contribution in [0.5, 0.6) is 0 Å². The Hall–Kier alpha value is -0.120. The molecule has 0 aliphatic carbocycles. The summed E-state index contributed by atoms with van der Waals surface area (Å²) in [6.45, 7) is 2.98. The molecule has 0 bridgehead atoms. The predicted molar refractivity (Wildman–Crippen MR) is 48.5 cm³/mol. The van der Waals surface area contributed by atoms with Crippen molar-refractivity contribution >= 4 is 0 Å². The van der Waals surface area contributed by atoms with E-state index in [4.69, 9.17) is 9.47 Å². The topological polar surface area (TPSA) is 38.7 Å². The molecule has 2 rings (SSSR count). The first-order valence-corrected chi connectivity index (χ1v) is 5.16. The first kappa shape index (κ1) is 9.44. The maximum atomic E-state index is 10.1. The van der Waals surface area contributed by atoms with Crippen molar-refractivity contribution in [3.63, 3.8) is 0 Å². The van der Waals surface area contributed by atoms with Gasteiger partial charge in [0.15, 0.2) is 0 Å². The van der Waals surface area contributed by atoms with Gasteiger partial charge in [0.05, 0.1) is 12.2 Å². The molecule has 3 nitrogen and oxygen atoms in total. The van der Waals surface area contributed by atoms with Gasteiger partial charge in [-0.3, -0.25) is 0 Å². The van der Waals surface area contributed by atoms with E-state index in [2.05, 4.69) is 0 Å². The Labute approximate surface area is 79.0 Å². The third kappa shape index (κ3) is 2.42. The molecule has 76 valence electrons. The molecule has 2 saturated heterocycles. The van der Waals surface area contributed by atoms with E-state index in [1.165, 1.54) is 0 Å². The Kier molecular flexibility index (Phi) is 2.86. The molecule has 1 atom stereocenters. The highest BCUT2D eigenvalue weighted by Gasteiger charge is 2.35. The monoisotopic (exact) mass is 186 g/mol. The molecule has 0 saturated carbocycles. The highest BCUT2D eigenvalue weighted by Crippen LogP contribution is 2.30. The van der Waals surface area contributed by atoms with E-state index >= 15 is 0 Å². The molecule has 3 heteroatoms. The lowest BCUT2D eigenvalue weighted by atomic mass is 9.85. The maximum absolute atomic E-state index is 10.1. The van der Waals surface area contributed by atoms with Crippen LogP contribution in [0.2, 0.25) is 0 Å². The van der Waals surface area contributed by atoms with Crippen LogP contribution in [0, 0.1) is 5.92 Å². The van der Waals surface area contributed by atoms with E-state index in [0.717, 1.165) is 45.5 Å². The molecule has 1 N–H and O–H groups in total. The molecule has 0 aromatic carbocycles. The summed E-state index contributed by atoms with van der Waals surface area (Å²) in [5, 5.41) is 10.1. The summed E-state index contributed by atoms with van der Waals surface area (Å²) < 4.78 is 10.5. The van der Waals surface area contributed by atoms with Crippen LogP contribution < -0.4 is 0 Å². The SMILES string of the molecule is OC1(CC2CCOCC2)CCOC1. The molecule has 2 fully saturated rings. The summed E-state index contributed by atoms with van der Waals surface area (Å²) >= 11 is 0. The van der Waals surface area contributed by atoms with Gasteiger partial charge in [0.2, 0.25) is 0 Å². The number of hydrogen-bond acceptors (Lipinski definition) is 3. The number of aliphatic hydroxyl groups is 1. The molecule has 1 unspecified atom stereocenters. The second-order valence-electron chi connectivity index (χ2n) is 4.29. The zero-order chi connectivity index (χ0) is 9.15. The zero-order valence-corrected chi connectivity index (χ0v) is 8.00. The normalized spacial score (nSPS) is 36.7. The maximum Gasteiger partial charge on any atom is 0.0904 e. The molecule has 13 heavy (non-hydrogen) atoms. The molecule has 2 aliphatic heterocycles. The van der Waals surface area contributed by atoms with Gasteiger partial charge >= 0.3 is 0 Å². The lowest BCUT2D eigenvalue weighted by molar-refractivity contribution is -0.0170. The third-order valence-corrected chi connectivity index (χ3v) is 3.09. The molecule has 0 aromatic rings. The van der Waals surface area contributed by atoms with E-state index in [0.29, 0.717) is 12.5 Å². The van der Waals surface area contributed by atoms with Gasteiger partial charge in [-0.1, -0.05) is 0 Å². The molecule has 2 aliphatic rings. The van der Waals surface area contributed by atoms with Gasteiger partial charge in [-0.2, -0.15) is 0 Å². The van der Waals surface area contributed by atoms with Gasteiger partial charge in [-0.15, -0.1) is 0 Å². The lowest BCUT2D eigenvalue weighted by Gasteiger charge is -2.29. The first-order chi connectivity index (χ1) is 6.29. The lowest BCUT2D eigenvalue weighted by Crippen LogP contribution is -2.33. The molecule has 0 aromatic heterocycles. The van der Waals surface area contributed by atoms with E-state index in [1.807, 2.05) is 0 Å². The third-order valence-electron chi connectivity index (χ3n) is 3.09. The van der Waals surface area contributed by atoms with Crippen LogP contribution in [0.3, 0.4) is 0 Å². The van der Waals surface area contributed by atoms with Crippen molar-refractivity contribution in [3.05, 3.63) is 0 Å².